The molecule has 7 nitrogen and oxygen atoms in total. The number of aryl methyl sites for hydroxylation is 1. The molecule has 130 valence electrons. The zero-order valence-corrected chi connectivity index (χ0v) is 14.7. The first-order valence-electron chi connectivity index (χ1n) is 8.79. The molecule has 0 amide bonds. The van der Waals surface area contributed by atoms with Gasteiger partial charge in [-0.25, -0.2) is 0 Å². The quantitative estimate of drug-likeness (QED) is 0.731. The molecular weight excluding hydrogens is 314 g/mol. The van der Waals surface area contributed by atoms with Crippen molar-refractivity contribution in [1.82, 2.24) is 34.9 Å². The average Bonchev–Trinajstić information content (AvgIpc) is 3.31. The topological polar surface area (TPSA) is 64.7 Å². The number of benzene rings is 1. The van der Waals surface area contributed by atoms with E-state index in [2.05, 4.69) is 38.5 Å². The van der Waals surface area contributed by atoms with Gasteiger partial charge in [-0.2, -0.15) is 9.78 Å². The molecule has 1 fully saturated rings. The first kappa shape index (κ1) is 16.0. The highest BCUT2D eigenvalue weighted by molar-refractivity contribution is 5.30. The average molecular weight is 337 g/mol. The van der Waals surface area contributed by atoms with E-state index in [1.54, 1.807) is 0 Å². The normalized spacial score (nSPS) is 17.7. The molecule has 0 radical (unpaired) electrons. The van der Waals surface area contributed by atoms with Crippen molar-refractivity contribution in [2.24, 2.45) is 7.05 Å². The van der Waals surface area contributed by atoms with Gasteiger partial charge in [-0.1, -0.05) is 18.2 Å². The largest absolute Gasteiger partial charge is 0.294 e. The summed E-state index contributed by atoms with van der Waals surface area (Å²) in [4.78, 5) is 2.47. The molecule has 25 heavy (non-hydrogen) atoms. The lowest BCUT2D eigenvalue weighted by Crippen LogP contribution is -2.36. The Bertz CT molecular complexity index is 815. The second-order valence-electron chi connectivity index (χ2n) is 6.65. The highest BCUT2D eigenvalue weighted by Gasteiger charge is 2.28. The summed E-state index contributed by atoms with van der Waals surface area (Å²) in [5.41, 5.74) is 2.33. The molecule has 0 unspecified atom stereocenters. The lowest BCUT2D eigenvalue weighted by atomic mass is 9.92. The molecule has 0 saturated carbocycles. The predicted molar refractivity (Wildman–Crippen MR) is 94.3 cm³/mol. The minimum absolute atomic E-state index is 0.183. The Balaban J connectivity index is 1.48. The smallest absolute Gasteiger partial charge is 0.173 e. The number of nitrogens with zero attached hydrogens (tertiary/aromatic N) is 7. The standard InChI is InChI=1S/C18H23N7/c1-14(18-20-21-22-25(18)16-6-4-3-5-7-16)24-12-9-15(10-13-24)17-8-11-19-23(17)2/h3-8,11,14-15H,9-10,12-13H2,1-2H3/t14-/m1/s1. The van der Waals surface area contributed by atoms with Gasteiger partial charge in [0, 0.05) is 24.9 Å². The van der Waals surface area contributed by atoms with Crippen LogP contribution in [0.2, 0.25) is 0 Å². The van der Waals surface area contributed by atoms with Gasteiger partial charge in [0.1, 0.15) is 0 Å². The lowest BCUT2D eigenvalue weighted by Gasteiger charge is -2.35. The molecular formula is C18H23N7. The molecule has 0 bridgehead atoms. The van der Waals surface area contributed by atoms with Gasteiger partial charge >= 0.3 is 0 Å². The summed E-state index contributed by atoms with van der Waals surface area (Å²) in [6.45, 7) is 4.27. The van der Waals surface area contributed by atoms with Crippen LogP contribution in [0.1, 0.15) is 43.2 Å². The predicted octanol–water partition coefficient (Wildman–Crippen LogP) is 2.34. The van der Waals surface area contributed by atoms with Crippen LogP contribution < -0.4 is 0 Å². The van der Waals surface area contributed by atoms with E-state index in [0.717, 1.165) is 37.4 Å². The van der Waals surface area contributed by atoms with Gasteiger partial charge in [-0.05, 0) is 61.5 Å². The van der Waals surface area contributed by atoms with E-state index in [4.69, 9.17) is 0 Å². The zero-order valence-electron chi connectivity index (χ0n) is 14.7. The van der Waals surface area contributed by atoms with E-state index in [9.17, 15) is 0 Å². The molecule has 4 rings (SSSR count). The number of rotatable bonds is 4. The maximum atomic E-state index is 4.30. The number of likely N-dealkylation sites (tertiary alicyclic amines) is 1. The molecule has 1 aromatic carbocycles. The second-order valence-corrected chi connectivity index (χ2v) is 6.65. The van der Waals surface area contributed by atoms with Crippen LogP contribution in [0.15, 0.2) is 42.6 Å². The van der Waals surface area contributed by atoms with E-state index in [0.29, 0.717) is 5.92 Å². The third kappa shape index (κ3) is 3.07. The SMILES string of the molecule is C[C@H](c1nnnn1-c1ccccc1)N1CCC(c2ccnn2C)CC1. The summed E-state index contributed by atoms with van der Waals surface area (Å²) >= 11 is 0. The fourth-order valence-electron chi connectivity index (χ4n) is 3.74. The summed E-state index contributed by atoms with van der Waals surface area (Å²) in [6.07, 6.45) is 4.16. The molecule has 1 saturated heterocycles. The Hall–Kier alpha value is -2.54. The number of para-hydroxylation sites is 1. The molecule has 1 aliphatic heterocycles. The maximum absolute atomic E-state index is 4.30. The Morgan fingerprint density at radius 2 is 1.84 bits per heavy atom. The van der Waals surface area contributed by atoms with Crippen LogP contribution in [0.5, 0.6) is 0 Å². The third-order valence-corrected chi connectivity index (χ3v) is 5.22. The summed E-state index contributed by atoms with van der Waals surface area (Å²) in [6, 6.07) is 12.4. The van der Waals surface area contributed by atoms with Crippen LogP contribution in [0, 0.1) is 0 Å². The van der Waals surface area contributed by atoms with Gasteiger partial charge in [0.05, 0.1) is 11.7 Å². The van der Waals surface area contributed by atoms with Crippen molar-refractivity contribution in [3.63, 3.8) is 0 Å². The van der Waals surface area contributed by atoms with E-state index in [-0.39, 0.29) is 6.04 Å². The van der Waals surface area contributed by atoms with Crippen LogP contribution in [0.3, 0.4) is 0 Å². The Morgan fingerprint density at radius 1 is 1.08 bits per heavy atom. The molecule has 1 atom stereocenters. The van der Waals surface area contributed by atoms with Gasteiger partial charge in [-0.3, -0.25) is 9.58 Å². The minimum atomic E-state index is 0.183. The molecule has 0 spiro atoms. The fourth-order valence-corrected chi connectivity index (χ4v) is 3.74. The molecule has 3 aromatic rings. The van der Waals surface area contributed by atoms with Gasteiger partial charge in [0.2, 0.25) is 0 Å². The van der Waals surface area contributed by atoms with Crippen LogP contribution >= 0.6 is 0 Å². The van der Waals surface area contributed by atoms with E-state index >= 15 is 0 Å². The highest BCUT2D eigenvalue weighted by Crippen LogP contribution is 2.31. The molecule has 3 heterocycles. The van der Waals surface area contributed by atoms with Gasteiger partial charge in [-0.15, -0.1) is 5.10 Å². The van der Waals surface area contributed by atoms with Crippen molar-refractivity contribution in [1.29, 1.82) is 0 Å². The van der Waals surface area contributed by atoms with E-state index < -0.39 is 0 Å². The van der Waals surface area contributed by atoms with Crippen LogP contribution in [-0.4, -0.2) is 48.0 Å². The van der Waals surface area contributed by atoms with Crippen molar-refractivity contribution in [3.05, 3.63) is 54.1 Å². The number of piperidine rings is 1. The Labute approximate surface area is 147 Å². The lowest BCUT2D eigenvalue weighted by molar-refractivity contribution is 0.153. The van der Waals surface area contributed by atoms with Gasteiger partial charge in [0.15, 0.2) is 5.82 Å². The van der Waals surface area contributed by atoms with Crippen molar-refractivity contribution in [3.8, 4) is 5.69 Å². The first-order chi connectivity index (χ1) is 12.2. The number of hydrogen-bond acceptors (Lipinski definition) is 5. The second kappa shape index (κ2) is 6.76. The molecule has 0 aliphatic carbocycles. The minimum Gasteiger partial charge on any atom is -0.294 e. The van der Waals surface area contributed by atoms with Crippen molar-refractivity contribution >= 4 is 0 Å². The maximum Gasteiger partial charge on any atom is 0.173 e. The van der Waals surface area contributed by atoms with Crippen LogP contribution in [-0.2, 0) is 7.05 Å². The molecule has 0 N–H and O–H groups in total. The van der Waals surface area contributed by atoms with Crippen molar-refractivity contribution in [2.75, 3.05) is 13.1 Å². The van der Waals surface area contributed by atoms with Crippen molar-refractivity contribution < 1.29 is 0 Å². The highest BCUT2D eigenvalue weighted by atomic mass is 15.6. The van der Waals surface area contributed by atoms with Crippen molar-refractivity contribution in [2.45, 2.75) is 31.7 Å². The van der Waals surface area contributed by atoms with E-state index in [1.165, 1.54) is 5.69 Å². The fraction of sp³-hybridized carbons (Fsp3) is 0.444. The van der Waals surface area contributed by atoms with Crippen LogP contribution in [0.25, 0.3) is 5.69 Å². The summed E-state index contributed by atoms with van der Waals surface area (Å²) < 4.78 is 3.84. The summed E-state index contributed by atoms with van der Waals surface area (Å²) in [7, 11) is 2.03. The summed E-state index contributed by atoms with van der Waals surface area (Å²) in [5, 5.41) is 16.7. The van der Waals surface area contributed by atoms with E-state index in [1.807, 2.05) is 52.9 Å². The Morgan fingerprint density at radius 3 is 2.52 bits per heavy atom. The Kier molecular flexibility index (Phi) is 4.31. The molecule has 1 aliphatic rings. The van der Waals surface area contributed by atoms with Crippen LogP contribution in [0.4, 0.5) is 0 Å². The van der Waals surface area contributed by atoms with Gasteiger partial charge < -0.3 is 0 Å². The molecule has 2 aromatic heterocycles. The monoisotopic (exact) mass is 337 g/mol. The zero-order chi connectivity index (χ0) is 17.2. The number of aromatic nitrogens is 6. The van der Waals surface area contributed by atoms with Gasteiger partial charge in [0.25, 0.3) is 0 Å². The number of hydrogen-bond donors (Lipinski definition) is 0. The number of tetrazole rings is 1. The first-order valence-corrected chi connectivity index (χ1v) is 8.79. The third-order valence-electron chi connectivity index (χ3n) is 5.22. The summed E-state index contributed by atoms with van der Waals surface area (Å²) in [5.74, 6) is 1.48. The molecule has 7 heteroatoms.